The third-order valence-electron chi connectivity index (χ3n) is 15.3. The van der Waals surface area contributed by atoms with Crippen molar-refractivity contribution < 1.29 is 24.1 Å². The molecule has 3 heterocycles. The molecule has 6 heteroatoms. The Labute approximate surface area is 450 Å². The summed E-state index contributed by atoms with van der Waals surface area (Å²) in [6, 6.07) is 81.6. The van der Waals surface area contributed by atoms with E-state index in [0.717, 1.165) is 54.9 Å². The zero-order valence-electron chi connectivity index (χ0n) is 43.0. The van der Waals surface area contributed by atoms with Crippen molar-refractivity contribution in [3.05, 3.63) is 268 Å². The maximum atomic E-state index is 7.12. The van der Waals surface area contributed by atoms with Gasteiger partial charge < -0.3 is 0 Å². The predicted octanol–water partition coefficient (Wildman–Crippen LogP) is 17.8. The van der Waals surface area contributed by atoms with Crippen LogP contribution in [0.5, 0.6) is 11.5 Å². The molecule has 1 aliphatic carbocycles. The Kier molecular flexibility index (Phi) is 11.1. The summed E-state index contributed by atoms with van der Waals surface area (Å²) in [6.07, 6.45) is 1.95. The predicted molar refractivity (Wildman–Crippen MR) is 304 cm³/mol. The van der Waals surface area contributed by atoms with Gasteiger partial charge in [0.15, 0.2) is 0 Å². The monoisotopic (exact) mass is 1150 g/mol. The van der Waals surface area contributed by atoms with Crippen LogP contribution < -0.4 is 9.64 Å². The Hall–Kier alpha value is -8.11. The van der Waals surface area contributed by atoms with E-state index in [0.29, 0.717) is 0 Å². The molecule has 0 fully saturated rings. The van der Waals surface area contributed by atoms with Crippen molar-refractivity contribution >= 4 is 28.2 Å². The van der Waals surface area contributed by atoms with E-state index in [2.05, 4.69) is 299 Å². The SMILES string of the molecule is CC(C)(C)c1ccnc(N2c3ccccc3C3(c4ccccc4-c4ccccc43)c3ccc(Oc4cccc(-n5[c](=[Pt])n(-c6c(-c7ccccc7)cc(C(C)(C)C)cc6-c6ccccc6)c6ccccc65)c4)cc32)c1. The fourth-order valence-electron chi connectivity index (χ4n) is 11.8. The third kappa shape index (κ3) is 7.54. The number of imidazole rings is 1. The molecule has 368 valence electrons. The van der Waals surface area contributed by atoms with Crippen molar-refractivity contribution in [1.29, 1.82) is 0 Å². The van der Waals surface area contributed by atoms with Crippen molar-refractivity contribution in [2.45, 2.75) is 57.8 Å². The average molecular weight is 1150 g/mol. The standard InChI is InChI=1S/C69H56N4O.Pt/c1-67(2,3)48-38-39-70-65(42-48)73-61-33-18-17-32-59(61)69(57-30-15-13-28-53(57)54-29-14-16-31-58(54)69)60-37-36-52(44-64(60)73)74-51-27-21-26-50(43-51)71-45-72(63-35-20-19-34-62(63)71)66-55(46-22-9-7-10-23-46)40-49(68(4,5)6)41-56(66)47-24-11-8-12-25-47;/h7-44H,1-6H3;. The molecule has 0 bridgehead atoms. The van der Waals surface area contributed by atoms with Gasteiger partial charge in [-0.1, -0.05) is 87.5 Å². The third-order valence-corrected chi connectivity index (χ3v) is 16.4. The van der Waals surface area contributed by atoms with Gasteiger partial charge in [0.2, 0.25) is 0 Å². The van der Waals surface area contributed by atoms with E-state index in [-0.39, 0.29) is 10.8 Å². The minimum absolute atomic E-state index is 0.0796. The molecular weight excluding hydrogens is 1100 g/mol. The fourth-order valence-corrected chi connectivity index (χ4v) is 12.9. The number of aromatic nitrogens is 3. The van der Waals surface area contributed by atoms with Crippen molar-refractivity contribution in [1.82, 2.24) is 14.1 Å². The molecule has 5 nitrogen and oxygen atoms in total. The summed E-state index contributed by atoms with van der Waals surface area (Å²) in [6.45, 7) is 13.7. The number of para-hydroxylation sites is 3. The first-order valence-corrected chi connectivity index (χ1v) is 27.0. The molecule has 0 saturated heterocycles. The molecular formula is C69H56N4OPt. The Morgan fingerprint density at radius 3 is 1.59 bits per heavy atom. The second-order valence-electron chi connectivity index (χ2n) is 21.9. The van der Waals surface area contributed by atoms with E-state index in [1.165, 1.54) is 66.8 Å². The van der Waals surface area contributed by atoms with Crippen molar-refractivity contribution in [3.63, 3.8) is 0 Å². The van der Waals surface area contributed by atoms with E-state index >= 15 is 0 Å². The molecule has 2 aliphatic rings. The number of pyridine rings is 1. The van der Waals surface area contributed by atoms with Gasteiger partial charge in [-0.25, -0.2) is 0 Å². The summed E-state index contributed by atoms with van der Waals surface area (Å²) in [5.74, 6) is 2.34. The van der Waals surface area contributed by atoms with E-state index in [9.17, 15) is 0 Å². The van der Waals surface area contributed by atoms with Gasteiger partial charge in [-0.2, -0.15) is 0 Å². The quantitative estimate of drug-likeness (QED) is 0.160. The molecule has 0 unspecified atom stereocenters. The number of fused-ring (bicyclic) bond motifs is 10. The van der Waals surface area contributed by atoms with Gasteiger partial charge in [-0.05, 0) is 28.2 Å². The van der Waals surface area contributed by atoms with E-state index in [4.69, 9.17) is 9.72 Å². The molecule has 0 atom stereocenters. The van der Waals surface area contributed by atoms with E-state index in [1.807, 2.05) is 6.20 Å². The van der Waals surface area contributed by atoms with Crippen LogP contribution in [0.4, 0.5) is 17.2 Å². The van der Waals surface area contributed by atoms with Crippen LogP contribution in [0.1, 0.15) is 74.9 Å². The first kappa shape index (κ1) is 46.7. The van der Waals surface area contributed by atoms with Crippen LogP contribution in [0.2, 0.25) is 0 Å². The van der Waals surface area contributed by atoms with Crippen LogP contribution in [-0.2, 0) is 35.6 Å². The topological polar surface area (TPSA) is 35.2 Å². The molecule has 2 aromatic heterocycles. The van der Waals surface area contributed by atoms with Crippen molar-refractivity contribution in [3.8, 4) is 56.3 Å². The first-order valence-electron chi connectivity index (χ1n) is 25.9. The van der Waals surface area contributed by atoms with E-state index < -0.39 is 5.41 Å². The Morgan fingerprint density at radius 2 is 0.960 bits per heavy atom. The van der Waals surface area contributed by atoms with Crippen molar-refractivity contribution in [2.24, 2.45) is 0 Å². The molecule has 1 aliphatic heterocycles. The number of nitrogens with zero attached hydrogens (tertiary/aromatic N) is 4. The van der Waals surface area contributed by atoms with Gasteiger partial charge in [-0.3, -0.25) is 0 Å². The van der Waals surface area contributed by atoms with Crippen LogP contribution in [0, 0.1) is 3.80 Å². The molecule has 9 aromatic carbocycles. The summed E-state index contributed by atoms with van der Waals surface area (Å²) >= 11 is 2.54. The van der Waals surface area contributed by atoms with Crippen LogP contribution in [0.3, 0.4) is 0 Å². The summed E-state index contributed by atoms with van der Waals surface area (Å²) in [4.78, 5) is 7.49. The van der Waals surface area contributed by atoms with E-state index in [1.54, 1.807) is 0 Å². The zero-order valence-corrected chi connectivity index (χ0v) is 45.2. The van der Waals surface area contributed by atoms with Gasteiger partial charge in [0.25, 0.3) is 0 Å². The van der Waals surface area contributed by atoms with Crippen LogP contribution >= 0.6 is 0 Å². The number of rotatable bonds is 7. The Morgan fingerprint density at radius 1 is 0.427 bits per heavy atom. The minimum atomic E-state index is -0.578. The zero-order chi connectivity index (χ0) is 51.2. The maximum absolute atomic E-state index is 7.12. The second kappa shape index (κ2) is 17.8. The summed E-state index contributed by atoms with van der Waals surface area (Å²) in [5, 5.41) is 0. The average Bonchev–Trinajstić information content (AvgIpc) is 4.15. The fraction of sp³-hybridized carbons (Fsp3) is 0.130. The molecule has 75 heavy (non-hydrogen) atoms. The normalized spacial score (nSPS) is 13.4. The summed E-state index contributed by atoms with van der Waals surface area (Å²) in [7, 11) is 0. The molecule has 0 radical (unpaired) electrons. The van der Waals surface area contributed by atoms with Gasteiger partial charge in [0.1, 0.15) is 0 Å². The molecule has 0 N–H and O–H groups in total. The number of hydrogen-bond acceptors (Lipinski definition) is 3. The van der Waals surface area contributed by atoms with Gasteiger partial charge in [-0.15, -0.1) is 0 Å². The van der Waals surface area contributed by atoms with Crippen LogP contribution in [0.25, 0.3) is 55.8 Å². The first-order chi connectivity index (χ1) is 36.4. The number of anilines is 3. The molecule has 0 saturated carbocycles. The molecule has 11 aromatic rings. The number of hydrogen-bond donors (Lipinski definition) is 0. The van der Waals surface area contributed by atoms with Crippen LogP contribution in [0.15, 0.2) is 231 Å². The Bertz CT molecular complexity index is 3990. The summed E-state index contributed by atoms with van der Waals surface area (Å²) < 4.78 is 13.0. The van der Waals surface area contributed by atoms with Gasteiger partial charge >= 0.3 is 331 Å². The molecule has 0 amide bonds. The number of ether oxygens (including phenoxy) is 1. The molecule has 13 rings (SSSR count). The van der Waals surface area contributed by atoms with Crippen molar-refractivity contribution in [2.75, 3.05) is 4.90 Å². The van der Waals surface area contributed by atoms with Crippen LogP contribution in [-0.4, -0.2) is 14.1 Å². The molecule has 1 spiro atoms. The van der Waals surface area contributed by atoms with Gasteiger partial charge in [0.05, 0.1) is 0 Å². The Balaban J connectivity index is 0.986. The number of benzene rings is 9. The van der Waals surface area contributed by atoms with Gasteiger partial charge in [0, 0.05) is 6.20 Å². The second-order valence-corrected chi connectivity index (χ2v) is 22.9. The summed E-state index contributed by atoms with van der Waals surface area (Å²) in [5.41, 5.74) is 20.4.